The first-order chi connectivity index (χ1) is 15.9. The lowest BCUT2D eigenvalue weighted by Gasteiger charge is -2.35. The Morgan fingerprint density at radius 3 is 2.45 bits per heavy atom. The number of benzene rings is 2. The summed E-state index contributed by atoms with van der Waals surface area (Å²) in [5, 5.41) is 13.2. The number of amides is 1. The largest absolute Gasteiger partial charge is 0.370 e. The Bertz CT molecular complexity index is 1320. The summed E-state index contributed by atoms with van der Waals surface area (Å²) in [6.07, 6.45) is 2.44. The highest BCUT2D eigenvalue weighted by molar-refractivity contribution is 5.95. The van der Waals surface area contributed by atoms with Crippen LogP contribution in [0.5, 0.6) is 0 Å². The summed E-state index contributed by atoms with van der Waals surface area (Å²) in [5.41, 5.74) is 1.02. The molecule has 0 saturated carbocycles. The van der Waals surface area contributed by atoms with E-state index in [0.29, 0.717) is 48.1 Å². The number of aromatic nitrogens is 1. The van der Waals surface area contributed by atoms with Crippen LogP contribution in [0.3, 0.4) is 0 Å². The number of pyridine rings is 1. The lowest BCUT2D eigenvalue weighted by molar-refractivity contribution is -0.117. The molecule has 168 valence electrons. The number of fused-ring (bicyclic) bond motifs is 1. The van der Waals surface area contributed by atoms with Gasteiger partial charge in [0.25, 0.3) is 5.56 Å². The fourth-order valence-corrected chi connectivity index (χ4v) is 4.28. The van der Waals surface area contributed by atoms with Crippen molar-refractivity contribution in [2.24, 2.45) is 0 Å². The second-order valence-electron chi connectivity index (χ2n) is 7.99. The molecule has 0 atom stereocenters. The predicted molar refractivity (Wildman–Crippen MR) is 122 cm³/mol. The molecule has 0 spiro atoms. The molecule has 3 aromatic rings. The highest BCUT2D eigenvalue weighted by Gasteiger charge is 2.26. The Morgan fingerprint density at radius 2 is 1.82 bits per heavy atom. The first-order valence-electron chi connectivity index (χ1n) is 10.6. The molecule has 1 N–H and O–H groups in total. The van der Waals surface area contributed by atoms with Crippen LogP contribution in [-0.2, 0) is 11.3 Å². The number of hydrogen-bond donors (Lipinski definition) is 1. The van der Waals surface area contributed by atoms with Gasteiger partial charge in [-0.1, -0.05) is 18.7 Å². The average Bonchev–Trinajstić information content (AvgIpc) is 2.82. The molecule has 2 heterocycles. The molecule has 1 aliphatic heterocycles. The van der Waals surface area contributed by atoms with Gasteiger partial charge in [-0.15, -0.1) is 0 Å². The van der Waals surface area contributed by atoms with Gasteiger partial charge in [-0.3, -0.25) is 9.59 Å². The van der Waals surface area contributed by atoms with E-state index in [9.17, 15) is 23.6 Å². The smallest absolute Gasteiger partial charge is 0.271 e. The van der Waals surface area contributed by atoms with Crippen molar-refractivity contribution in [1.29, 1.82) is 5.26 Å². The topological polar surface area (TPSA) is 78.1 Å². The normalized spacial score (nSPS) is 14.2. The van der Waals surface area contributed by atoms with Crippen LogP contribution < -0.4 is 15.8 Å². The van der Waals surface area contributed by atoms with Crippen LogP contribution >= 0.6 is 0 Å². The van der Waals surface area contributed by atoms with Crippen molar-refractivity contribution in [2.75, 3.05) is 18.0 Å². The van der Waals surface area contributed by atoms with Crippen molar-refractivity contribution in [3.05, 3.63) is 88.2 Å². The SMILES string of the molecule is C=CC(=O)NC1CCN(c2c(C#N)c(=O)n(Cc3ccc(F)cc3)c3ccc(F)cc23)CC1. The minimum atomic E-state index is -0.488. The monoisotopic (exact) mass is 448 g/mol. The molecule has 0 bridgehead atoms. The Labute approximate surface area is 189 Å². The van der Waals surface area contributed by atoms with E-state index >= 15 is 0 Å². The van der Waals surface area contributed by atoms with Gasteiger partial charge >= 0.3 is 0 Å². The molecule has 1 amide bonds. The van der Waals surface area contributed by atoms with Crippen LogP contribution in [0, 0.1) is 23.0 Å². The molecule has 2 aromatic carbocycles. The number of hydrogen-bond acceptors (Lipinski definition) is 4. The molecule has 33 heavy (non-hydrogen) atoms. The van der Waals surface area contributed by atoms with Crippen LogP contribution in [0.1, 0.15) is 24.0 Å². The molecule has 8 heteroatoms. The number of nitrogens with zero attached hydrogens (tertiary/aromatic N) is 3. The molecular formula is C25H22F2N4O2. The highest BCUT2D eigenvalue weighted by atomic mass is 19.1. The van der Waals surface area contributed by atoms with Gasteiger partial charge in [0.2, 0.25) is 5.91 Å². The van der Waals surface area contributed by atoms with E-state index in [-0.39, 0.29) is 24.1 Å². The van der Waals surface area contributed by atoms with Gasteiger partial charge in [0.15, 0.2) is 0 Å². The summed E-state index contributed by atoms with van der Waals surface area (Å²) >= 11 is 0. The third-order valence-corrected chi connectivity index (χ3v) is 5.91. The van der Waals surface area contributed by atoms with Gasteiger partial charge in [0.05, 0.1) is 17.7 Å². The fraction of sp³-hybridized carbons (Fsp3) is 0.240. The van der Waals surface area contributed by atoms with E-state index in [0.717, 1.165) is 0 Å². The maximum atomic E-state index is 14.3. The molecule has 0 unspecified atom stereocenters. The molecule has 1 saturated heterocycles. The maximum Gasteiger partial charge on any atom is 0.271 e. The third-order valence-electron chi connectivity index (χ3n) is 5.91. The Balaban J connectivity index is 1.78. The lowest BCUT2D eigenvalue weighted by Crippen LogP contribution is -2.45. The van der Waals surface area contributed by atoms with E-state index in [1.165, 1.54) is 41.0 Å². The van der Waals surface area contributed by atoms with Crippen molar-refractivity contribution in [3.8, 4) is 6.07 Å². The van der Waals surface area contributed by atoms with Crippen molar-refractivity contribution < 1.29 is 13.6 Å². The minimum Gasteiger partial charge on any atom is -0.370 e. The fourth-order valence-electron chi connectivity index (χ4n) is 4.28. The zero-order chi connectivity index (χ0) is 23.5. The molecule has 6 nitrogen and oxygen atoms in total. The number of nitrogens with one attached hydrogen (secondary N) is 1. The van der Waals surface area contributed by atoms with Crippen molar-refractivity contribution in [3.63, 3.8) is 0 Å². The maximum absolute atomic E-state index is 14.3. The van der Waals surface area contributed by atoms with E-state index < -0.39 is 17.2 Å². The molecule has 1 aromatic heterocycles. The Morgan fingerprint density at radius 1 is 1.15 bits per heavy atom. The first kappa shape index (κ1) is 22.2. The van der Waals surface area contributed by atoms with Crippen LogP contribution in [0.4, 0.5) is 14.5 Å². The number of nitriles is 1. The minimum absolute atomic E-state index is 0.0425. The van der Waals surface area contributed by atoms with E-state index in [2.05, 4.69) is 11.9 Å². The summed E-state index contributed by atoms with van der Waals surface area (Å²) in [5.74, 6) is -1.12. The van der Waals surface area contributed by atoms with Crippen LogP contribution in [0.25, 0.3) is 10.9 Å². The lowest BCUT2D eigenvalue weighted by atomic mass is 10.0. The standard InChI is InChI=1S/C25H22F2N4O2/c1-2-23(32)29-19-9-11-30(12-10-19)24-20-13-18(27)7-8-22(20)31(25(33)21(24)14-28)15-16-3-5-17(26)6-4-16/h2-8,13,19H,1,9-12,15H2,(H,29,32). The van der Waals surface area contributed by atoms with E-state index in [1.54, 1.807) is 12.1 Å². The molecular weight excluding hydrogens is 426 g/mol. The van der Waals surface area contributed by atoms with Crippen LogP contribution in [-0.4, -0.2) is 29.6 Å². The van der Waals surface area contributed by atoms with Gasteiger partial charge in [-0.2, -0.15) is 5.26 Å². The van der Waals surface area contributed by atoms with Gasteiger partial charge < -0.3 is 14.8 Å². The second kappa shape index (κ2) is 9.25. The molecule has 0 aliphatic carbocycles. The number of piperidine rings is 1. The molecule has 1 aliphatic rings. The highest BCUT2D eigenvalue weighted by Crippen LogP contribution is 2.32. The third kappa shape index (κ3) is 4.48. The average molecular weight is 448 g/mol. The number of anilines is 1. The first-order valence-corrected chi connectivity index (χ1v) is 10.6. The number of rotatable bonds is 5. The summed E-state index contributed by atoms with van der Waals surface area (Å²) in [6.45, 7) is 4.55. The quantitative estimate of drug-likeness (QED) is 0.607. The van der Waals surface area contributed by atoms with Crippen molar-refractivity contribution in [2.45, 2.75) is 25.4 Å². The number of halogens is 2. The van der Waals surface area contributed by atoms with Gasteiger partial charge in [-0.05, 0) is 54.8 Å². The summed E-state index contributed by atoms with van der Waals surface area (Å²) in [4.78, 5) is 26.9. The van der Waals surface area contributed by atoms with Crippen LogP contribution in [0.15, 0.2) is 59.9 Å². The van der Waals surface area contributed by atoms with Gasteiger partial charge in [0.1, 0.15) is 23.3 Å². The predicted octanol–water partition coefficient (Wildman–Crippen LogP) is 3.47. The van der Waals surface area contributed by atoms with Gasteiger partial charge in [0, 0.05) is 24.5 Å². The van der Waals surface area contributed by atoms with Crippen molar-refractivity contribution >= 4 is 22.5 Å². The zero-order valence-electron chi connectivity index (χ0n) is 17.9. The second-order valence-corrected chi connectivity index (χ2v) is 7.99. The summed E-state index contributed by atoms with van der Waals surface area (Å²) in [6, 6.07) is 11.9. The zero-order valence-corrected chi connectivity index (χ0v) is 17.9. The molecule has 0 radical (unpaired) electrons. The molecule has 1 fully saturated rings. The number of carbonyl (C=O) groups is 1. The molecule has 4 rings (SSSR count). The Hall–Kier alpha value is -3.99. The number of carbonyl (C=O) groups excluding carboxylic acids is 1. The van der Waals surface area contributed by atoms with E-state index in [1.807, 2.05) is 11.0 Å². The summed E-state index contributed by atoms with van der Waals surface area (Å²) in [7, 11) is 0. The van der Waals surface area contributed by atoms with E-state index in [4.69, 9.17) is 0 Å². The Kier molecular flexibility index (Phi) is 6.22. The summed E-state index contributed by atoms with van der Waals surface area (Å²) < 4.78 is 29.0. The van der Waals surface area contributed by atoms with Crippen LogP contribution in [0.2, 0.25) is 0 Å². The van der Waals surface area contributed by atoms with Gasteiger partial charge in [-0.25, -0.2) is 8.78 Å². The van der Waals surface area contributed by atoms with Crippen molar-refractivity contribution in [1.82, 2.24) is 9.88 Å².